The summed E-state index contributed by atoms with van der Waals surface area (Å²) in [5.74, 6) is 1.23. The molecule has 0 spiro atoms. The number of primary sulfonamides is 1. The van der Waals surface area contributed by atoms with Crippen molar-refractivity contribution < 1.29 is 17.7 Å². The summed E-state index contributed by atoms with van der Waals surface area (Å²) in [6.07, 6.45) is 1.62. The zero-order chi connectivity index (χ0) is 21.3. The van der Waals surface area contributed by atoms with Crippen molar-refractivity contribution in [2.75, 3.05) is 0 Å². The van der Waals surface area contributed by atoms with Gasteiger partial charge in [-0.3, -0.25) is 4.68 Å². The average molecular weight is 425 g/mol. The zero-order valence-electron chi connectivity index (χ0n) is 16.3. The Hall–Kier alpha value is -3.50. The fourth-order valence-corrected chi connectivity index (χ4v) is 3.42. The van der Waals surface area contributed by atoms with Gasteiger partial charge >= 0.3 is 0 Å². The van der Waals surface area contributed by atoms with E-state index in [0.717, 1.165) is 17.0 Å². The van der Waals surface area contributed by atoms with Gasteiger partial charge in [-0.1, -0.05) is 35.0 Å². The van der Waals surface area contributed by atoms with E-state index in [1.54, 1.807) is 30.1 Å². The van der Waals surface area contributed by atoms with Crippen LogP contribution in [0.5, 0.6) is 5.75 Å². The fraction of sp³-hybridized carbons (Fsp3) is 0.150. The van der Waals surface area contributed by atoms with Crippen LogP contribution in [0.4, 0.5) is 0 Å². The van der Waals surface area contributed by atoms with E-state index >= 15 is 0 Å². The van der Waals surface area contributed by atoms with E-state index in [2.05, 4.69) is 15.2 Å². The summed E-state index contributed by atoms with van der Waals surface area (Å²) >= 11 is 0. The minimum Gasteiger partial charge on any atom is -0.487 e. The van der Waals surface area contributed by atoms with Crippen LogP contribution in [0.2, 0.25) is 0 Å². The Morgan fingerprint density at radius 1 is 1.17 bits per heavy atom. The molecule has 0 aliphatic rings. The van der Waals surface area contributed by atoms with Crippen molar-refractivity contribution in [2.45, 2.75) is 18.4 Å². The minimum atomic E-state index is -3.83. The van der Waals surface area contributed by atoms with Crippen LogP contribution in [0.25, 0.3) is 22.8 Å². The molecular formula is C20H19N5O4S. The van der Waals surface area contributed by atoms with Gasteiger partial charge in [0.15, 0.2) is 0 Å². The fourth-order valence-electron chi connectivity index (χ4n) is 2.86. The molecule has 2 aromatic heterocycles. The van der Waals surface area contributed by atoms with E-state index in [1.807, 2.05) is 31.2 Å². The highest BCUT2D eigenvalue weighted by atomic mass is 32.2. The van der Waals surface area contributed by atoms with Gasteiger partial charge < -0.3 is 9.26 Å². The summed E-state index contributed by atoms with van der Waals surface area (Å²) in [5, 5.41) is 13.4. The number of benzene rings is 2. The Balaban J connectivity index is 1.61. The number of nitrogens with zero attached hydrogens (tertiary/aromatic N) is 4. The maximum atomic E-state index is 11.6. The number of hydrogen-bond donors (Lipinski definition) is 1. The van der Waals surface area contributed by atoms with E-state index < -0.39 is 10.0 Å². The van der Waals surface area contributed by atoms with Gasteiger partial charge in [0.05, 0.1) is 22.3 Å². The van der Waals surface area contributed by atoms with E-state index in [0.29, 0.717) is 11.1 Å². The highest BCUT2D eigenvalue weighted by Gasteiger charge is 2.19. The Morgan fingerprint density at radius 2 is 1.93 bits per heavy atom. The predicted molar refractivity (Wildman–Crippen MR) is 109 cm³/mol. The van der Waals surface area contributed by atoms with Crippen molar-refractivity contribution in [1.82, 2.24) is 19.9 Å². The second-order valence-corrected chi connectivity index (χ2v) is 8.29. The van der Waals surface area contributed by atoms with Crippen molar-refractivity contribution >= 4 is 10.0 Å². The summed E-state index contributed by atoms with van der Waals surface area (Å²) in [5.41, 5.74) is 3.00. The molecule has 0 radical (unpaired) electrons. The molecule has 0 saturated carbocycles. The summed E-state index contributed by atoms with van der Waals surface area (Å²) in [4.78, 5) is 4.36. The molecule has 0 amide bonds. The molecule has 154 valence electrons. The van der Waals surface area contributed by atoms with Gasteiger partial charge in [0, 0.05) is 12.6 Å². The highest BCUT2D eigenvalue weighted by Crippen LogP contribution is 2.27. The molecule has 4 aromatic rings. The molecule has 9 nitrogen and oxygen atoms in total. The van der Waals surface area contributed by atoms with Crippen LogP contribution >= 0.6 is 0 Å². The molecule has 10 heteroatoms. The largest absolute Gasteiger partial charge is 0.487 e. The third-order valence-electron chi connectivity index (χ3n) is 4.54. The molecule has 0 atom stereocenters. The van der Waals surface area contributed by atoms with Crippen LogP contribution in [0.15, 0.2) is 64.1 Å². The lowest BCUT2D eigenvalue weighted by Gasteiger charge is -2.08. The van der Waals surface area contributed by atoms with E-state index in [-0.39, 0.29) is 23.2 Å². The Bertz CT molecular complexity index is 1290. The van der Waals surface area contributed by atoms with Crippen molar-refractivity contribution in [2.24, 2.45) is 12.2 Å². The van der Waals surface area contributed by atoms with Crippen LogP contribution in [-0.2, 0) is 23.7 Å². The number of hydrogen-bond acceptors (Lipinski definition) is 7. The van der Waals surface area contributed by atoms with Gasteiger partial charge in [-0.05, 0) is 31.2 Å². The predicted octanol–water partition coefficient (Wildman–Crippen LogP) is 2.67. The van der Waals surface area contributed by atoms with Crippen molar-refractivity contribution in [3.05, 3.63) is 66.0 Å². The molecule has 0 saturated heterocycles. The third-order valence-corrected chi connectivity index (χ3v) is 5.45. The molecule has 0 unspecified atom stereocenters. The van der Waals surface area contributed by atoms with E-state index in [4.69, 9.17) is 14.4 Å². The third kappa shape index (κ3) is 4.09. The van der Waals surface area contributed by atoms with Crippen LogP contribution in [0.3, 0.4) is 0 Å². The van der Waals surface area contributed by atoms with E-state index in [9.17, 15) is 8.42 Å². The molecule has 30 heavy (non-hydrogen) atoms. The summed E-state index contributed by atoms with van der Waals surface area (Å²) in [6.45, 7) is 2.27. The quantitative estimate of drug-likeness (QED) is 0.503. The Morgan fingerprint density at radius 3 is 2.67 bits per heavy atom. The van der Waals surface area contributed by atoms with Gasteiger partial charge in [0.25, 0.3) is 5.89 Å². The monoisotopic (exact) mass is 425 g/mol. The van der Waals surface area contributed by atoms with Crippen molar-refractivity contribution in [3.8, 4) is 28.6 Å². The topological polar surface area (TPSA) is 126 Å². The van der Waals surface area contributed by atoms with Crippen LogP contribution in [0, 0.1) is 6.92 Å². The summed E-state index contributed by atoms with van der Waals surface area (Å²) < 4.78 is 36.1. The second-order valence-electron chi connectivity index (χ2n) is 6.73. The first-order valence-corrected chi connectivity index (χ1v) is 10.5. The lowest BCUT2D eigenvalue weighted by molar-refractivity contribution is 0.294. The molecule has 4 rings (SSSR count). The molecule has 2 aromatic carbocycles. The Kier molecular flexibility index (Phi) is 5.10. The number of ether oxygens (including phenoxy) is 1. The average Bonchev–Trinajstić information content (AvgIpc) is 3.34. The maximum Gasteiger partial charge on any atom is 0.261 e. The van der Waals surface area contributed by atoms with Gasteiger partial charge in [-0.2, -0.15) is 10.1 Å². The number of aryl methyl sites for hydroxylation is 2. The lowest BCUT2D eigenvalue weighted by Crippen LogP contribution is -2.11. The van der Waals surface area contributed by atoms with Gasteiger partial charge in [-0.15, -0.1) is 0 Å². The maximum absolute atomic E-state index is 11.6. The smallest absolute Gasteiger partial charge is 0.261 e. The first-order chi connectivity index (χ1) is 14.3. The molecule has 2 heterocycles. The van der Waals surface area contributed by atoms with Gasteiger partial charge in [-0.25, -0.2) is 13.6 Å². The molecule has 0 aliphatic carbocycles. The highest BCUT2D eigenvalue weighted by molar-refractivity contribution is 7.89. The molecule has 0 aliphatic heterocycles. The van der Waals surface area contributed by atoms with Crippen molar-refractivity contribution in [1.29, 1.82) is 0 Å². The number of rotatable bonds is 6. The minimum absolute atomic E-state index is 0.0279. The summed E-state index contributed by atoms with van der Waals surface area (Å²) in [6, 6.07) is 13.8. The SMILES string of the molecule is Cc1ccc(OCc2c(-c3nc(-c4cccc(S(N)(=O)=O)c4)no3)cnn2C)cc1. The van der Waals surface area contributed by atoms with Crippen LogP contribution < -0.4 is 9.88 Å². The lowest BCUT2D eigenvalue weighted by atomic mass is 10.2. The Labute approximate surface area is 173 Å². The first kappa shape index (κ1) is 19.8. The first-order valence-electron chi connectivity index (χ1n) is 8.99. The van der Waals surface area contributed by atoms with Crippen LogP contribution in [-0.4, -0.2) is 28.3 Å². The number of sulfonamides is 1. The second kappa shape index (κ2) is 7.73. The molecule has 0 bridgehead atoms. The zero-order valence-corrected chi connectivity index (χ0v) is 17.1. The standard InChI is InChI=1S/C20H19N5O4S/c1-13-6-8-15(9-7-13)28-12-18-17(11-22-25(18)2)20-23-19(24-29-20)14-4-3-5-16(10-14)30(21,26)27/h3-11H,12H2,1-2H3,(H2,21,26,27). The van der Waals surface area contributed by atoms with Crippen LogP contribution in [0.1, 0.15) is 11.3 Å². The van der Waals surface area contributed by atoms with E-state index in [1.165, 1.54) is 12.1 Å². The number of nitrogens with two attached hydrogens (primary N) is 1. The van der Waals surface area contributed by atoms with Gasteiger partial charge in [0.1, 0.15) is 12.4 Å². The summed E-state index contributed by atoms with van der Waals surface area (Å²) in [7, 11) is -2.04. The normalized spacial score (nSPS) is 11.6. The molecule has 0 fully saturated rings. The van der Waals surface area contributed by atoms with Crippen molar-refractivity contribution in [3.63, 3.8) is 0 Å². The molecule has 2 N–H and O–H groups in total. The van der Waals surface area contributed by atoms with Gasteiger partial charge in [0.2, 0.25) is 15.8 Å². The number of aromatic nitrogens is 4. The molecular weight excluding hydrogens is 406 g/mol.